The zero-order chi connectivity index (χ0) is 16.8. The SMILES string of the molecule is C=C(C(CC)C(=N)C(F)(F)F)[C@@H](C)CCC(C)C(C)C=N. The Morgan fingerprint density at radius 3 is 2.10 bits per heavy atom. The highest BCUT2D eigenvalue weighted by Crippen LogP contribution is 2.33. The minimum absolute atomic E-state index is 0.0574. The summed E-state index contributed by atoms with van der Waals surface area (Å²) in [4.78, 5) is 0. The summed E-state index contributed by atoms with van der Waals surface area (Å²) in [6.45, 7) is 11.4. The molecule has 0 heterocycles. The van der Waals surface area contributed by atoms with Crippen LogP contribution in [0.15, 0.2) is 12.2 Å². The van der Waals surface area contributed by atoms with E-state index in [0.717, 1.165) is 12.8 Å². The Labute approximate surface area is 125 Å². The van der Waals surface area contributed by atoms with Gasteiger partial charge in [0.05, 0.1) is 0 Å². The Balaban J connectivity index is 4.68. The van der Waals surface area contributed by atoms with Crippen LogP contribution >= 0.6 is 0 Å². The molecule has 0 fully saturated rings. The van der Waals surface area contributed by atoms with Crippen molar-refractivity contribution in [1.29, 1.82) is 10.8 Å². The fraction of sp³-hybridized carbons (Fsp3) is 0.750. The van der Waals surface area contributed by atoms with E-state index in [1.54, 1.807) is 6.92 Å². The van der Waals surface area contributed by atoms with Crippen LogP contribution in [0.25, 0.3) is 0 Å². The van der Waals surface area contributed by atoms with Crippen LogP contribution in [0.3, 0.4) is 0 Å². The summed E-state index contributed by atoms with van der Waals surface area (Å²) in [5, 5.41) is 14.6. The first-order chi connectivity index (χ1) is 9.56. The van der Waals surface area contributed by atoms with Gasteiger partial charge in [0, 0.05) is 5.92 Å². The van der Waals surface area contributed by atoms with Gasteiger partial charge in [0.15, 0.2) is 0 Å². The molecule has 4 atom stereocenters. The molecule has 2 N–H and O–H groups in total. The molecule has 2 nitrogen and oxygen atoms in total. The topological polar surface area (TPSA) is 47.7 Å². The van der Waals surface area contributed by atoms with Crippen molar-refractivity contribution in [3.63, 3.8) is 0 Å². The molecule has 0 rings (SSSR count). The van der Waals surface area contributed by atoms with Crippen LogP contribution in [0.2, 0.25) is 0 Å². The highest BCUT2D eigenvalue weighted by molar-refractivity contribution is 5.91. The molecule has 0 saturated carbocycles. The fourth-order valence-corrected chi connectivity index (χ4v) is 2.32. The van der Waals surface area contributed by atoms with Gasteiger partial charge >= 0.3 is 6.18 Å². The summed E-state index contributed by atoms with van der Waals surface area (Å²) in [6, 6.07) is 0. The second-order valence-corrected chi connectivity index (χ2v) is 5.93. The molecule has 0 aliphatic carbocycles. The first kappa shape index (κ1) is 19.9. The highest BCUT2D eigenvalue weighted by Gasteiger charge is 2.40. The van der Waals surface area contributed by atoms with Gasteiger partial charge in [-0.3, -0.25) is 5.41 Å². The fourth-order valence-electron chi connectivity index (χ4n) is 2.32. The number of alkyl halides is 3. The lowest BCUT2D eigenvalue weighted by Crippen LogP contribution is -2.32. The first-order valence-electron chi connectivity index (χ1n) is 7.41. The van der Waals surface area contributed by atoms with E-state index in [0.29, 0.717) is 11.5 Å². The third-order valence-corrected chi connectivity index (χ3v) is 4.36. The van der Waals surface area contributed by atoms with Gasteiger partial charge in [0.1, 0.15) is 5.71 Å². The molecular weight excluding hydrogens is 277 g/mol. The molecule has 0 bridgehead atoms. The van der Waals surface area contributed by atoms with E-state index < -0.39 is 17.8 Å². The molecule has 0 aromatic rings. The van der Waals surface area contributed by atoms with Crippen molar-refractivity contribution in [3.8, 4) is 0 Å². The predicted molar refractivity (Wildman–Crippen MR) is 82.2 cm³/mol. The molecule has 3 unspecified atom stereocenters. The van der Waals surface area contributed by atoms with Gasteiger partial charge in [-0.05, 0) is 43.2 Å². The number of allylic oxidation sites excluding steroid dienone is 1. The minimum Gasteiger partial charge on any atom is -0.313 e. The van der Waals surface area contributed by atoms with Crippen LogP contribution in [0.5, 0.6) is 0 Å². The lowest BCUT2D eigenvalue weighted by molar-refractivity contribution is -0.0633. The average molecular weight is 304 g/mol. The monoisotopic (exact) mass is 304 g/mol. The van der Waals surface area contributed by atoms with Gasteiger partial charge < -0.3 is 5.41 Å². The van der Waals surface area contributed by atoms with Crippen molar-refractivity contribution in [2.75, 3.05) is 0 Å². The van der Waals surface area contributed by atoms with E-state index in [2.05, 4.69) is 6.58 Å². The summed E-state index contributed by atoms with van der Waals surface area (Å²) in [6.07, 6.45) is -1.36. The summed E-state index contributed by atoms with van der Waals surface area (Å²) in [5.41, 5.74) is -0.697. The number of rotatable bonds is 9. The molecule has 0 saturated heterocycles. The molecule has 0 aromatic heterocycles. The summed E-state index contributed by atoms with van der Waals surface area (Å²) < 4.78 is 38.1. The molecule has 0 aliphatic heterocycles. The number of nitrogens with one attached hydrogen (secondary N) is 2. The van der Waals surface area contributed by atoms with E-state index in [1.165, 1.54) is 6.21 Å². The van der Waals surface area contributed by atoms with Crippen LogP contribution in [-0.2, 0) is 0 Å². The Morgan fingerprint density at radius 1 is 1.19 bits per heavy atom. The van der Waals surface area contributed by atoms with Crippen molar-refractivity contribution in [1.82, 2.24) is 0 Å². The van der Waals surface area contributed by atoms with Crippen molar-refractivity contribution >= 4 is 11.9 Å². The minimum atomic E-state index is -4.58. The number of halogens is 3. The van der Waals surface area contributed by atoms with Crippen molar-refractivity contribution in [3.05, 3.63) is 12.2 Å². The number of hydrogen-bond donors (Lipinski definition) is 2. The van der Waals surface area contributed by atoms with E-state index in [-0.39, 0.29) is 18.3 Å². The second-order valence-electron chi connectivity index (χ2n) is 5.93. The smallest absolute Gasteiger partial charge is 0.313 e. The van der Waals surface area contributed by atoms with Gasteiger partial charge in [0.2, 0.25) is 0 Å². The third kappa shape index (κ3) is 6.02. The quantitative estimate of drug-likeness (QED) is 0.418. The molecule has 0 radical (unpaired) electrons. The van der Waals surface area contributed by atoms with E-state index in [9.17, 15) is 13.2 Å². The highest BCUT2D eigenvalue weighted by atomic mass is 19.4. The third-order valence-electron chi connectivity index (χ3n) is 4.36. The van der Waals surface area contributed by atoms with Gasteiger partial charge in [-0.15, -0.1) is 0 Å². The second kappa shape index (κ2) is 8.35. The predicted octanol–water partition coefficient (Wildman–Crippen LogP) is 5.49. The summed E-state index contributed by atoms with van der Waals surface area (Å²) in [7, 11) is 0. The molecular formula is C16H27F3N2. The molecule has 5 heteroatoms. The van der Waals surface area contributed by atoms with Crippen LogP contribution in [0, 0.1) is 34.5 Å². The maximum Gasteiger partial charge on any atom is 0.429 e. The Kier molecular flexibility index (Phi) is 7.90. The maximum absolute atomic E-state index is 12.7. The Morgan fingerprint density at radius 2 is 1.71 bits per heavy atom. The van der Waals surface area contributed by atoms with Gasteiger partial charge in [0.25, 0.3) is 0 Å². The lowest BCUT2D eigenvalue weighted by atomic mass is 9.80. The zero-order valence-electron chi connectivity index (χ0n) is 13.3. The standard InChI is InChI=1S/C16H27F3N2/c1-6-14(15(21)16(17,18)19)13(5)11(3)8-7-10(2)12(4)9-20/h9-12,14,20-21H,5-8H2,1-4H3/t10?,11-,12?,14?/m0/s1. The molecule has 21 heavy (non-hydrogen) atoms. The summed E-state index contributed by atoms with van der Waals surface area (Å²) >= 11 is 0. The Bertz CT molecular complexity index is 374. The molecule has 0 amide bonds. The van der Waals surface area contributed by atoms with Crippen molar-refractivity contribution in [2.24, 2.45) is 23.7 Å². The first-order valence-corrected chi connectivity index (χ1v) is 7.41. The summed E-state index contributed by atoms with van der Waals surface area (Å²) in [5.74, 6) is -0.491. The molecule has 0 spiro atoms. The van der Waals surface area contributed by atoms with Gasteiger partial charge in [-0.25, -0.2) is 0 Å². The van der Waals surface area contributed by atoms with E-state index in [4.69, 9.17) is 10.8 Å². The van der Waals surface area contributed by atoms with Crippen LogP contribution < -0.4 is 0 Å². The van der Waals surface area contributed by atoms with Crippen LogP contribution in [0.4, 0.5) is 13.2 Å². The van der Waals surface area contributed by atoms with Gasteiger partial charge in [-0.1, -0.05) is 39.8 Å². The largest absolute Gasteiger partial charge is 0.429 e. The average Bonchev–Trinajstić information content (AvgIpc) is 2.42. The molecule has 0 aliphatic rings. The van der Waals surface area contributed by atoms with Gasteiger partial charge in [-0.2, -0.15) is 13.2 Å². The van der Waals surface area contributed by atoms with E-state index in [1.807, 2.05) is 20.8 Å². The molecule has 0 aromatic carbocycles. The van der Waals surface area contributed by atoms with Crippen molar-refractivity contribution in [2.45, 2.75) is 53.1 Å². The van der Waals surface area contributed by atoms with E-state index >= 15 is 0 Å². The van der Waals surface area contributed by atoms with Crippen molar-refractivity contribution < 1.29 is 13.2 Å². The van der Waals surface area contributed by atoms with Crippen LogP contribution in [0.1, 0.15) is 47.0 Å². The normalized spacial score (nSPS) is 17.7. The lowest BCUT2D eigenvalue weighted by Gasteiger charge is -2.26. The zero-order valence-corrected chi connectivity index (χ0v) is 13.3. The van der Waals surface area contributed by atoms with Crippen LogP contribution in [-0.4, -0.2) is 18.1 Å². The maximum atomic E-state index is 12.7. The molecule has 122 valence electrons. The number of hydrogen-bond acceptors (Lipinski definition) is 2. The Hall–Kier alpha value is -1.13.